The molecule has 0 fully saturated rings. The van der Waals surface area contributed by atoms with Gasteiger partial charge in [0.05, 0.1) is 0 Å². The molecule has 0 aromatic heterocycles. The molecule has 0 bridgehead atoms. The topological polar surface area (TPSA) is 89.3 Å². The maximum Gasteiger partial charge on any atom is 0.225 e. The molecule has 1 rings (SSSR count). The normalized spacial score (nSPS) is 11.7. The molecule has 0 saturated carbocycles. The molecule has 1 atom stereocenters. The van der Waals surface area contributed by atoms with Gasteiger partial charge in [0.2, 0.25) is 11.8 Å². The lowest BCUT2D eigenvalue weighted by atomic mass is 10.1. The fraction of sp³-hybridized carbons (Fsp3) is 0.308. The number of rotatable bonds is 5. The minimum atomic E-state index is -0.513. The first-order chi connectivity index (χ1) is 8.40. The second-order valence-corrected chi connectivity index (χ2v) is 4.19. The quantitative estimate of drug-likeness (QED) is 0.770. The van der Waals surface area contributed by atoms with Gasteiger partial charge in [-0.1, -0.05) is 19.1 Å². The van der Waals surface area contributed by atoms with Crippen molar-refractivity contribution in [1.29, 1.82) is 0 Å². The van der Waals surface area contributed by atoms with E-state index in [2.05, 4.69) is 5.32 Å². The van der Waals surface area contributed by atoms with E-state index in [0.29, 0.717) is 11.3 Å². The van der Waals surface area contributed by atoms with Gasteiger partial charge < -0.3 is 11.1 Å². The van der Waals surface area contributed by atoms with Gasteiger partial charge in [0.15, 0.2) is 5.78 Å². The summed E-state index contributed by atoms with van der Waals surface area (Å²) in [5.41, 5.74) is 6.13. The maximum absolute atomic E-state index is 11.6. The molecule has 1 unspecified atom stereocenters. The Hall–Kier alpha value is -2.17. The van der Waals surface area contributed by atoms with Crippen LogP contribution in [0.1, 0.15) is 30.6 Å². The third-order valence-corrected chi connectivity index (χ3v) is 2.53. The molecule has 5 nitrogen and oxygen atoms in total. The van der Waals surface area contributed by atoms with Crippen molar-refractivity contribution in [3.8, 4) is 0 Å². The lowest BCUT2D eigenvalue weighted by Crippen LogP contribution is -2.25. The van der Waals surface area contributed by atoms with Gasteiger partial charge in [-0.3, -0.25) is 14.4 Å². The number of anilines is 1. The Kier molecular flexibility index (Phi) is 4.59. The van der Waals surface area contributed by atoms with Crippen LogP contribution in [-0.4, -0.2) is 17.6 Å². The van der Waals surface area contributed by atoms with Crippen LogP contribution in [0.4, 0.5) is 5.69 Å². The van der Waals surface area contributed by atoms with Gasteiger partial charge in [-0.25, -0.2) is 0 Å². The molecule has 2 amide bonds. The van der Waals surface area contributed by atoms with Crippen molar-refractivity contribution < 1.29 is 14.4 Å². The molecule has 0 aliphatic heterocycles. The summed E-state index contributed by atoms with van der Waals surface area (Å²) in [5.74, 6) is -1.40. The molecule has 18 heavy (non-hydrogen) atoms. The predicted octanol–water partition coefficient (Wildman–Crippen LogP) is 1.34. The van der Waals surface area contributed by atoms with Crippen LogP contribution in [0.3, 0.4) is 0 Å². The fourth-order valence-electron chi connectivity index (χ4n) is 1.41. The van der Waals surface area contributed by atoms with E-state index in [1.54, 1.807) is 31.2 Å². The highest BCUT2D eigenvalue weighted by molar-refractivity contribution is 5.97. The van der Waals surface area contributed by atoms with Crippen molar-refractivity contribution in [2.24, 2.45) is 11.7 Å². The Bertz CT molecular complexity index is 483. The Morgan fingerprint density at radius 1 is 1.33 bits per heavy atom. The molecule has 0 saturated heterocycles. The molecule has 0 heterocycles. The van der Waals surface area contributed by atoms with Gasteiger partial charge in [-0.15, -0.1) is 0 Å². The number of carbonyl (C=O) groups is 3. The number of hydrogen-bond donors (Lipinski definition) is 2. The Morgan fingerprint density at radius 2 is 2.00 bits per heavy atom. The van der Waals surface area contributed by atoms with E-state index in [9.17, 15) is 14.4 Å². The van der Waals surface area contributed by atoms with Crippen LogP contribution in [0.15, 0.2) is 24.3 Å². The van der Waals surface area contributed by atoms with Gasteiger partial charge >= 0.3 is 0 Å². The van der Waals surface area contributed by atoms with Gasteiger partial charge in [0.1, 0.15) is 0 Å². The number of primary amides is 1. The largest absolute Gasteiger partial charge is 0.369 e. The van der Waals surface area contributed by atoms with Gasteiger partial charge in [-0.05, 0) is 19.1 Å². The van der Waals surface area contributed by atoms with Crippen molar-refractivity contribution >= 4 is 23.3 Å². The standard InChI is InChI=1S/C13H16N2O3/c1-8(13(14)18)6-12(17)15-11-5-3-4-10(7-11)9(2)16/h3-5,7-8H,6H2,1-2H3,(H2,14,18)(H,15,17). The van der Waals surface area contributed by atoms with Crippen molar-refractivity contribution in [3.63, 3.8) is 0 Å². The number of nitrogens with one attached hydrogen (secondary N) is 1. The molecular weight excluding hydrogens is 232 g/mol. The van der Waals surface area contributed by atoms with E-state index in [1.165, 1.54) is 6.92 Å². The highest BCUT2D eigenvalue weighted by Crippen LogP contribution is 2.12. The van der Waals surface area contributed by atoms with Crippen molar-refractivity contribution in [3.05, 3.63) is 29.8 Å². The molecule has 1 aromatic carbocycles. The number of ketones is 1. The molecule has 0 radical (unpaired) electrons. The predicted molar refractivity (Wildman–Crippen MR) is 68.1 cm³/mol. The zero-order chi connectivity index (χ0) is 13.7. The van der Waals surface area contributed by atoms with E-state index in [1.807, 2.05) is 0 Å². The monoisotopic (exact) mass is 248 g/mol. The smallest absolute Gasteiger partial charge is 0.225 e. The lowest BCUT2D eigenvalue weighted by Gasteiger charge is -2.09. The number of Topliss-reactive ketones (excluding diaryl/α,β-unsaturated/α-hetero) is 1. The van der Waals surface area contributed by atoms with E-state index in [0.717, 1.165) is 0 Å². The van der Waals surface area contributed by atoms with Crippen LogP contribution in [-0.2, 0) is 9.59 Å². The van der Waals surface area contributed by atoms with Crippen LogP contribution in [0.2, 0.25) is 0 Å². The molecular formula is C13H16N2O3. The number of amides is 2. The number of benzene rings is 1. The summed E-state index contributed by atoms with van der Waals surface area (Å²) in [6.45, 7) is 3.05. The number of hydrogen-bond acceptors (Lipinski definition) is 3. The number of carbonyl (C=O) groups excluding carboxylic acids is 3. The van der Waals surface area contributed by atoms with Gasteiger partial charge in [-0.2, -0.15) is 0 Å². The summed E-state index contributed by atoms with van der Waals surface area (Å²) in [6, 6.07) is 6.63. The first kappa shape index (κ1) is 13.9. The van der Waals surface area contributed by atoms with Crippen molar-refractivity contribution in [2.45, 2.75) is 20.3 Å². The van der Waals surface area contributed by atoms with E-state index in [4.69, 9.17) is 5.73 Å². The highest BCUT2D eigenvalue weighted by atomic mass is 16.2. The molecule has 1 aromatic rings. The Labute approximate surface area is 105 Å². The van der Waals surface area contributed by atoms with Crippen LogP contribution in [0.5, 0.6) is 0 Å². The van der Waals surface area contributed by atoms with E-state index >= 15 is 0 Å². The molecule has 0 aliphatic carbocycles. The summed E-state index contributed by atoms with van der Waals surface area (Å²) < 4.78 is 0. The van der Waals surface area contributed by atoms with Crippen LogP contribution >= 0.6 is 0 Å². The summed E-state index contributed by atoms with van der Waals surface area (Å²) in [5, 5.41) is 2.62. The highest BCUT2D eigenvalue weighted by Gasteiger charge is 2.14. The van der Waals surface area contributed by atoms with Crippen LogP contribution in [0.25, 0.3) is 0 Å². The molecule has 0 spiro atoms. The lowest BCUT2D eigenvalue weighted by molar-refractivity contribution is -0.125. The zero-order valence-corrected chi connectivity index (χ0v) is 10.4. The first-order valence-corrected chi connectivity index (χ1v) is 5.60. The molecule has 5 heteroatoms. The minimum Gasteiger partial charge on any atom is -0.369 e. The molecule has 0 aliphatic rings. The third kappa shape index (κ3) is 4.01. The Balaban J connectivity index is 2.67. The van der Waals surface area contributed by atoms with Crippen LogP contribution < -0.4 is 11.1 Å². The fourth-order valence-corrected chi connectivity index (χ4v) is 1.41. The minimum absolute atomic E-state index is 0.0274. The average molecular weight is 248 g/mol. The third-order valence-electron chi connectivity index (χ3n) is 2.53. The average Bonchev–Trinajstić information content (AvgIpc) is 2.28. The SMILES string of the molecule is CC(=O)c1cccc(NC(=O)CC(C)C(N)=O)c1. The van der Waals surface area contributed by atoms with Crippen molar-refractivity contribution in [2.75, 3.05) is 5.32 Å². The van der Waals surface area contributed by atoms with Gasteiger partial charge in [0, 0.05) is 23.6 Å². The maximum atomic E-state index is 11.6. The second kappa shape index (κ2) is 5.95. The summed E-state index contributed by atoms with van der Waals surface area (Å²) >= 11 is 0. The van der Waals surface area contributed by atoms with Crippen molar-refractivity contribution in [1.82, 2.24) is 0 Å². The zero-order valence-electron chi connectivity index (χ0n) is 10.4. The van der Waals surface area contributed by atoms with Gasteiger partial charge in [0.25, 0.3) is 0 Å². The summed E-state index contributed by atoms with van der Waals surface area (Å²) in [6.07, 6.45) is 0.0274. The second-order valence-electron chi connectivity index (χ2n) is 4.19. The van der Waals surface area contributed by atoms with E-state index < -0.39 is 11.8 Å². The summed E-state index contributed by atoms with van der Waals surface area (Å²) in [4.78, 5) is 33.6. The van der Waals surface area contributed by atoms with E-state index in [-0.39, 0.29) is 18.1 Å². The first-order valence-electron chi connectivity index (χ1n) is 5.60. The summed E-state index contributed by atoms with van der Waals surface area (Å²) in [7, 11) is 0. The Morgan fingerprint density at radius 3 is 2.56 bits per heavy atom. The number of nitrogens with two attached hydrogens (primary N) is 1. The molecule has 96 valence electrons. The van der Waals surface area contributed by atoms with Crippen LogP contribution in [0, 0.1) is 5.92 Å². The molecule has 3 N–H and O–H groups in total.